The minimum atomic E-state index is -3.32. The third-order valence-electron chi connectivity index (χ3n) is 7.24. The van der Waals surface area contributed by atoms with Crippen LogP contribution in [0.25, 0.3) is 0 Å². The molecule has 37 heavy (non-hydrogen) atoms. The molecule has 0 radical (unpaired) electrons. The second-order valence-electron chi connectivity index (χ2n) is 11.6. The van der Waals surface area contributed by atoms with Gasteiger partial charge in [0.1, 0.15) is 0 Å². The maximum atomic E-state index is 6.78. The standard InChI is InChI=1S/C32H68O4Si/c1-9-13-17-21-25-29(5)33-37(34-30(6)26-22-18-14-10-2,35-31(7)27-23-19-15-11-3)36-32(8)28-24-20-16-12-4/h29-32H,9-28H2,1-8H3. The molecule has 4 nitrogen and oxygen atoms in total. The van der Waals surface area contributed by atoms with E-state index in [1.54, 1.807) is 0 Å². The van der Waals surface area contributed by atoms with E-state index >= 15 is 0 Å². The highest BCUT2D eigenvalue weighted by Gasteiger charge is 2.51. The van der Waals surface area contributed by atoms with Crippen molar-refractivity contribution in [1.29, 1.82) is 0 Å². The zero-order chi connectivity index (χ0) is 27.8. The molecule has 0 N–H and O–H groups in total. The Morgan fingerprint density at radius 3 is 0.757 bits per heavy atom. The summed E-state index contributed by atoms with van der Waals surface area (Å²) < 4.78 is 27.1. The highest BCUT2D eigenvalue weighted by molar-refractivity contribution is 6.53. The lowest BCUT2D eigenvalue weighted by Crippen LogP contribution is -2.56. The van der Waals surface area contributed by atoms with E-state index in [9.17, 15) is 0 Å². The van der Waals surface area contributed by atoms with Crippen LogP contribution < -0.4 is 0 Å². The fourth-order valence-electron chi connectivity index (χ4n) is 4.82. The molecule has 0 rings (SSSR count). The molecular formula is C32H68O4Si. The van der Waals surface area contributed by atoms with E-state index in [2.05, 4.69) is 55.4 Å². The van der Waals surface area contributed by atoms with Crippen LogP contribution in [0.4, 0.5) is 0 Å². The molecule has 0 aliphatic carbocycles. The summed E-state index contributed by atoms with van der Waals surface area (Å²) >= 11 is 0. The Morgan fingerprint density at radius 1 is 0.351 bits per heavy atom. The smallest absolute Gasteiger partial charge is 0.348 e. The Labute approximate surface area is 234 Å². The number of hydrogen-bond acceptors (Lipinski definition) is 4. The molecule has 0 amide bonds. The molecule has 0 bridgehead atoms. The van der Waals surface area contributed by atoms with Crippen molar-refractivity contribution < 1.29 is 17.7 Å². The van der Waals surface area contributed by atoms with E-state index in [1.165, 1.54) is 103 Å². The summed E-state index contributed by atoms with van der Waals surface area (Å²) in [5, 5.41) is 0. The van der Waals surface area contributed by atoms with Crippen molar-refractivity contribution in [2.24, 2.45) is 0 Å². The predicted molar refractivity (Wildman–Crippen MR) is 163 cm³/mol. The van der Waals surface area contributed by atoms with Crippen molar-refractivity contribution in [1.82, 2.24) is 0 Å². The lowest BCUT2D eigenvalue weighted by atomic mass is 10.1. The Morgan fingerprint density at radius 2 is 0.568 bits per heavy atom. The van der Waals surface area contributed by atoms with Crippen LogP contribution in [0.2, 0.25) is 0 Å². The average molecular weight is 545 g/mol. The lowest BCUT2D eigenvalue weighted by Gasteiger charge is -2.36. The Balaban J connectivity index is 5.52. The van der Waals surface area contributed by atoms with Crippen molar-refractivity contribution in [3.8, 4) is 0 Å². The van der Waals surface area contributed by atoms with Gasteiger partial charge >= 0.3 is 9.05 Å². The van der Waals surface area contributed by atoms with Crippen molar-refractivity contribution in [2.75, 3.05) is 0 Å². The van der Waals surface area contributed by atoms with Crippen molar-refractivity contribution in [3.63, 3.8) is 0 Å². The summed E-state index contributed by atoms with van der Waals surface area (Å²) in [6.07, 6.45) is 24.4. The molecule has 4 unspecified atom stereocenters. The number of hydrogen-bond donors (Lipinski definition) is 0. The minimum absolute atomic E-state index is 0.0791. The number of rotatable bonds is 28. The largest absolute Gasteiger partial charge is 0.680 e. The van der Waals surface area contributed by atoms with Gasteiger partial charge in [0.25, 0.3) is 0 Å². The fourth-order valence-corrected chi connectivity index (χ4v) is 7.60. The van der Waals surface area contributed by atoms with Gasteiger partial charge in [-0.25, -0.2) is 0 Å². The third-order valence-corrected chi connectivity index (χ3v) is 10.0. The molecule has 0 spiro atoms. The van der Waals surface area contributed by atoms with Gasteiger partial charge in [0, 0.05) is 24.4 Å². The monoisotopic (exact) mass is 544 g/mol. The van der Waals surface area contributed by atoms with Crippen LogP contribution in [0.5, 0.6) is 0 Å². The first-order chi connectivity index (χ1) is 17.8. The van der Waals surface area contributed by atoms with Gasteiger partial charge in [-0.3, -0.25) is 0 Å². The molecule has 0 aromatic heterocycles. The first kappa shape index (κ1) is 37.1. The molecule has 0 aliphatic rings. The Kier molecular flexibility index (Phi) is 25.1. The van der Waals surface area contributed by atoms with Gasteiger partial charge in [-0.15, -0.1) is 0 Å². The third kappa shape index (κ3) is 21.5. The van der Waals surface area contributed by atoms with Crippen LogP contribution in [-0.2, 0) is 17.7 Å². The van der Waals surface area contributed by atoms with Crippen LogP contribution in [-0.4, -0.2) is 33.5 Å². The second kappa shape index (κ2) is 25.1. The first-order valence-corrected chi connectivity index (χ1v) is 18.2. The van der Waals surface area contributed by atoms with Gasteiger partial charge in [-0.05, 0) is 53.4 Å². The zero-order valence-corrected chi connectivity index (χ0v) is 27.6. The molecule has 224 valence electrons. The quantitative estimate of drug-likeness (QED) is 0.0725. The van der Waals surface area contributed by atoms with Crippen LogP contribution in [0.15, 0.2) is 0 Å². The van der Waals surface area contributed by atoms with E-state index < -0.39 is 9.05 Å². The minimum Gasteiger partial charge on any atom is -0.348 e. The lowest BCUT2D eigenvalue weighted by molar-refractivity contribution is -0.100. The van der Waals surface area contributed by atoms with E-state index in [1.807, 2.05) is 0 Å². The molecule has 0 aliphatic heterocycles. The van der Waals surface area contributed by atoms with E-state index in [4.69, 9.17) is 17.7 Å². The highest BCUT2D eigenvalue weighted by Crippen LogP contribution is 2.27. The maximum absolute atomic E-state index is 6.78. The highest BCUT2D eigenvalue weighted by atomic mass is 28.4. The van der Waals surface area contributed by atoms with Crippen molar-refractivity contribution in [3.05, 3.63) is 0 Å². The molecule has 0 saturated heterocycles. The Hall–Kier alpha value is 0.0569. The van der Waals surface area contributed by atoms with Crippen LogP contribution in [0.3, 0.4) is 0 Å². The van der Waals surface area contributed by atoms with Crippen molar-refractivity contribution >= 4 is 9.05 Å². The zero-order valence-electron chi connectivity index (χ0n) is 26.6. The first-order valence-electron chi connectivity index (χ1n) is 16.5. The molecule has 0 fully saturated rings. The summed E-state index contributed by atoms with van der Waals surface area (Å²) in [6.45, 7) is 17.8. The molecule has 5 heteroatoms. The molecule has 0 aromatic carbocycles. The van der Waals surface area contributed by atoms with E-state index in [-0.39, 0.29) is 24.4 Å². The number of unbranched alkanes of at least 4 members (excludes halogenated alkanes) is 12. The maximum Gasteiger partial charge on any atom is 0.680 e. The topological polar surface area (TPSA) is 36.9 Å². The molecule has 0 heterocycles. The van der Waals surface area contributed by atoms with E-state index in [0.29, 0.717) is 0 Å². The summed E-state index contributed by atoms with van der Waals surface area (Å²) in [5.41, 5.74) is 0. The molecule has 0 aromatic rings. The molecule has 0 saturated carbocycles. The van der Waals surface area contributed by atoms with Gasteiger partial charge in [0.05, 0.1) is 0 Å². The van der Waals surface area contributed by atoms with Gasteiger partial charge < -0.3 is 17.7 Å². The van der Waals surface area contributed by atoms with Crippen LogP contribution in [0.1, 0.15) is 184 Å². The summed E-state index contributed by atoms with van der Waals surface area (Å²) in [6, 6.07) is 0. The van der Waals surface area contributed by atoms with Gasteiger partial charge in [-0.2, -0.15) is 0 Å². The van der Waals surface area contributed by atoms with E-state index in [0.717, 1.165) is 25.7 Å². The normalized spacial score (nSPS) is 16.9. The molecule has 4 atom stereocenters. The SMILES string of the molecule is CCCCCCC(C)O[Si](OC(C)CCCCCC)(OC(C)CCCCCC)OC(C)CCCCCC. The summed E-state index contributed by atoms with van der Waals surface area (Å²) in [5.74, 6) is 0. The average Bonchev–Trinajstić information content (AvgIpc) is 2.85. The second-order valence-corrected chi connectivity index (χ2v) is 13.6. The Bertz CT molecular complexity index is 390. The summed E-state index contributed by atoms with van der Waals surface area (Å²) in [7, 11) is -3.32. The van der Waals surface area contributed by atoms with Crippen LogP contribution >= 0.6 is 0 Å². The summed E-state index contributed by atoms with van der Waals surface area (Å²) in [4.78, 5) is 0. The fraction of sp³-hybridized carbons (Fsp3) is 1.00. The van der Waals surface area contributed by atoms with Gasteiger partial charge in [0.15, 0.2) is 0 Å². The predicted octanol–water partition coefficient (Wildman–Crippen LogP) is 10.9. The van der Waals surface area contributed by atoms with Gasteiger partial charge in [0.2, 0.25) is 0 Å². The van der Waals surface area contributed by atoms with Gasteiger partial charge in [-0.1, -0.05) is 130 Å². The molecular weight excluding hydrogens is 476 g/mol. The van der Waals surface area contributed by atoms with Crippen LogP contribution in [0, 0.1) is 0 Å². The van der Waals surface area contributed by atoms with Crippen molar-refractivity contribution in [2.45, 2.75) is 208 Å².